The first-order chi connectivity index (χ1) is 33.1. The summed E-state index contributed by atoms with van der Waals surface area (Å²) in [5, 5.41) is 50.4. The largest absolute Gasteiger partial charge is 0.504 e. The molecule has 1 aromatic heterocycles. The number of carboxylic acids is 1. The topological polar surface area (TPSA) is 337 Å². The van der Waals surface area contributed by atoms with Gasteiger partial charge in [-0.3, -0.25) is 19.2 Å². The van der Waals surface area contributed by atoms with Gasteiger partial charge in [0, 0.05) is 49.4 Å². The summed E-state index contributed by atoms with van der Waals surface area (Å²) in [7, 11) is 1.29. The number of aromatic nitrogens is 2. The summed E-state index contributed by atoms with van der Waals surface area (Å²) in [5.41, 5.74) is 18.9. The van der Waals surface area contributed by atoms with Crippen LogP contribution < -0.4 is 47.4 Å². The number of aromatic hydroxyl groups is 1. The molecular formula is C49H65N9O12. The Hall–Kier alpha value is -6.91. The van der Waals surface area contributed by atoms with Crippen LogP contribution in [-0.4, -0.2) is 142 Å². The number of aliphatic hydroxyl groups is 2. The molecule has 4 bridgehead atoms. The fraction of sp³-hybridized carbons (Fsp3) is 0.449. The molecular weight excluding hydrogens is 907 g/mol. The number of benzene rings is 3. The quantitative estimate of drug-likeness (QED) is 0.0633. The number of hydrogen-bond acceptors (Lipinski definition) is 16. The second-order valence-corrected chi connectivity index (χ2v) is 18.3. The number of ether oxygens (including phenoxy) is 3. The third-order valence-electron chi connectivity index (χ3n) is 11.5. The lowest BCUT2D eigenvalue weighted by atomic mass is 9.93. The minimum Gasteiger partial charge on any atom is -0.504 e. The van der Waals surface area contributed by atoms with Gasteiger partial charge in [-0.05, 0) is 98.3 Å². The van der Waals surface area contributed by atoms with Gasteiger partial charge in [0.25, 0.3) is 5.91 Å². The molecule has 0 fully saturated rings. The molecule has 0 radical (unpaired) electrons. The molecule has 378 valence electrons. The molecule has 4 amide bonds. The third-order valence-corrected chi connectivity index (χ3v) is 11.5. The molecule has 1 aliphatic rings. The number of amides is 4. The lowest BCUT2D eigenvalue weighted by Gasteiger charge is -2.33. The van der Waals surface area contributed by atoms with Crippen molar-refractivity contribution in [1.82, 2.24) is 30.8 Å². The van der Waals surface area contributed by atoms with E-state index in [-0.39, 0.29) is 78.3 Å². The number of fused-ring (bicyclic) bond motifs is 5. The molecule has 4 aromatic rings. The van der Waals surface area contributed by atoms with Crippen LogP contribution in [0.25, 0.3) is 22.5 Å². The summed E-state index contributed by atoms with van der Waals surface area (Å²) in [6.07, 6.45) is -0.441. The number of nitrogens with one attached hydrogen (secondary N) is 3. The molecule has 21 nitrogen and oxygen atoms in total. The molecule has 6 atom stereocenters. The van der Waals surface area contributed by atoms with Gasteiger partial charge in [-0.2, -0.15) is 0 Å². The molecule has 0 spiro atoms. The van der Waals surface area contributed by atoms with Crippen LogP contribution in [0.1, 0.15) is 73.8 Å². The van der Waals surface area contributed by atoms with E-state index >= 15 is 0 Å². The number of aliphatic hydroxyl groups excluding tert-OH is 2. The number of phenolic OH excluding ortho intramolecular Hbond substituents is 1. The van der Waals surface area contributed by atoms with Crippen LogP contribution in [0, 0.1) is 12.3 Å². The van der Waals surface area contributed by atoms with Crippen molar-refractivity contribution in [3.63, 3.8) is 0 Å². The Kier molecular flexibility index (Phi) is 18.6. The van der Waals surface area contributed by atoms with E-state index in [1.807, 2.05) is 24.3 Å². The summed E-state index contributed by atoms with van der Waals surface area (Å²) in [6.45, 7) is 8.74. The number of carbonyl (C=O) groups excluding carboxylic acids is 4. The van der Waals surface area contributed by atoms with Crippen molar-refractivity contribution in [3.05, 3.63) is 83.2 Å². The molecule has 0 saturated carbocycles. The zero-order valence-corrected chi connectivity index (χ0v) is 40.2. The second-order valence-electron chi connectivity index (χ2n) is 18.3. The van der Waals surface area contributed by atoms with Gasteiger partial charge < -0.3 is 72.7 Å². The van der Waals surface area contributed by atoms with Gasteiger partial charge >= 0.3 is 5.97 Å². The molecule has 70 heavy (non-hydrogen) atoms. The Balaban J connectivity index is 1.55. The van der Waals surface area contributed by atoms with Crippen molar-refractivity contribution in [2.75, 3.05) is 46.5 Å². The summed E-state index contributed by atoms with van der Waals surface area (Å²) >= 11 is 0. The predicted octanol–water partition coefficient (Wildman–Crippen LogP) is 1.31. The van der Waals surface area contributed by atoms with Gasteiger partial charge in [-0.25, -0.2) is 14.8 Å². The third kappa shape index (κ3) is 14.1. The fourth-order valence-electron chi connectivity index (χ4n) is 7.33. The lowest BCUT2D eigenvalue weighted by Crippen LogP contribution is -2.55. The zero-order valence-electron chi connectivity index (χ0n) is 40.2. The number of likely N-dealkylation sites (N-methyl/N-ethyl adjacent to an activating group) is 1. The Bertz CT molecular complexity index is 2500. The average molecular weight is 972 g/mol. The van der Waals surface area contributed by atoms with Crippen molar-refractivity contribution >= 4 is 29.6 Å². The molecule has 13 N–H and O–H groups in total. The van der Waals surface area contributed by atoms with E-state index in [0.717, 1.165) is 11.3 Å². The minimum absolute atomic E-state index is 0.00646. The highest BCUT2D eigenvalue weighted by atomic mass is 16.5. The van der Waals surface area contributed by atoms with Crippen LogP contribution >= 0.6 is 0 Å². The van der Waals surface area contributed by atoms with Gasteiger partial charge in [-0.15, -0.1) is 0 Å². The number of hydrogen-bond donors (Lipinski definition) is 10. The summed E-state index contributed by atoms with van der Waals surface area (Å²) in [6, 6.07) is 8.52. The number of nitrogens with two attached hydrogens (primary N) is 3. The highest BCUT2D eigenvalue weighted by molar-refractivity contribution is 6.00. The van der Waals surface area contributed by atoms with E-state index in [1.54, 1.807) is 6.92 Å². The highest BCUT2D eigenvalue weighted by Crippen LogP contribution is 2.45. The van der Waals surface area contributed by atoms with Crippen molar-refractivity contribution in [2.45, 2.75) is 90.3 Å². The monoisotopic (exact) mass is 971 g/mol. The van der Waals surface area contributed by atoms with Crippen LogP contribution in [0.2, 0.25) is 0 Å². The highest BCUT2D eigenvalue weighted by Gasteiger charge is 2.37. The summed E-state index contributed by atoms with van der Waals surface area (Å²) in [4.78, 5) is 79.4. The Morgan fingerprint density at radius 2 is 1.56 bits per heavy atom. The SMILES string of the molecule is Cc1nc(-c2ccc(OCCC(C)(C)C)cc2)ncc1C(=O)N[C@@H](CCN)C(=O)N(C)[C@@H]1C(=O)N[C@@H](C)C(=O)NC(C(=O)O)Cc2ccc(OC[C@H](O)CN)c(c2)-c2cc1cc(OC[C@H](O)CN)c2O. The van der Waals surface area contributed by atoms with Crippen LogP contribution in [0.4, 0.5) is 0 Å². The van der Waals surface area contributed by atoms with Gasteiger partial charge in [-0.1, -0.05) is 26.8 Å². The normalized spacial score (nSPS) is 17.4. The average Bonchev–Trinajstić information content (AvgIpc) is 3.31. The predicted molar refractivity (Wildman–Crippen MR) is 258 cm³/mol. The molecule has 1 unspecified atom stereocenters. The number of aliphatic carboxylic acids is 1. The van der Waals surface area contributed by atoms with E-state index in [0.29, 0.717) is 35.0 Å². The molecule has 3 aromatic carbocycles. The molecule has 5 rings (SSSR count). The molecule has 21 heteroatoms. The first-order valence-electron chi connectivity index (χ1n) is 22.8. The fourth-order valence-corrected chi connectivity index (χ4v) is 7.33. The van der Waals surface area contributed by atoms with E-state index in [9.17, 15) is 44.4 Å². The van der Waals surface area contributed by atoms with E-state index in [2.05, 4.69) is 46.7 Å². The maximum absolute atomic E-state index is 14.7. The Morgan fingerprint density at radius 1 is 0.900 bits per heavy atom. The van der Waals surface area contributed by atoms with E-state index < -0.39 is 78.3 Å². The molecule has 2 heterocycles. The van der Waals surface area contributed by atoms with Crippen molar-refractivity contribution in [3.8, 4) is 45.5 Å². The van der Waals surface area contributed by atoms with E-state index in [4.69, 9.17) is 31.4 Å². The maximum Gasteiger partial charge on any atom is 0.326 e. The lowest BCUT2D eigenvalue weighted by molar-refractivity contribution is -0.143. The second kappa shape index (κ2) is 24.1. The first kappa shape index (κ1) is 54.0. The van der Waals surface area contributed by atoms with Crippen molar-refractivity contribution in [1.29, 1.82) is 0 Å². The smallest absolute Gasteiger partial charge is 0.326 e. The van der Waals surface area contributed by atoms with Crippen molar-refractivity contribution < 1.29 is 58.6 Å². The van der Waals surface area contributed by atoms with E-state index in [1.165, 1.54) is 50.5 Å². The number of carboxylic acid groups (broad SMARTS) is 1. The van der Waals surface area contributed by atoms with Gasteiger partial charge in [0.1, 0.15) is 61.1 Å². The summed E-state index contributed by atoms with van der Waals surface area (Å²) in [5.74, 6) is -4.38. The standard InChI is InChI=1S/C49H65N9O12/c1-26-36(23-53-43(54-26)29-8-10-33(11-9-29)68-16-14-49(3,4)5)45(63)56-37(13-15-50)47(65)58(6)41-30-19-35(42(61)40(20-30)70-25-32(60)22-52)34-17-28(7-12-39(34)69-24-31(59)21-51)18-38(48(66)67)57-44(62)27(2)55-46(41)64/h7-12,17,19-20,23,27,31-32,37-38,41,59-61H,13-16,18,21-22,24-25,50-52H2,1-6H3,(H,55,64)(H,56,63)(H,57,62)(H,66,67)/t27-,31+,32+,37-,38?,41-/m0/s1. The number of phenols is 1. The Morgan fingerprint density at radius 3 is 2.16 bits per heavy atom. The van der Waals surface area contributed by atoms with Gasteiger partial charge in [0.2, 0.25) is 17.7 Å². The van der Waals surface area contributed by atoms with Crippen LogP contribution in [0.3, 0.4) is 0 Å². The van der Waals surface area contributed by atoms with Gasteiger partial charge in [0.15, 0.2) is 17.3 Å². The number of nitrogens with zero attached hydrogens (tertiary/aromatic N) is 3. The summed E-state index contributed by atoms with van der Waals surface area (Å²) < 4.78 is 17.7. The number of aryl methyl sites for hydroxylation is 1. The zero-order chi connectivity index (χ0) is 51.4. The Labute approximate surface area is 406 Å². The van der Waals surface area contributed by atoms with Crippen LogP contribution in [0.5, 0.6) is 23.0 Å². The molecule has 0 aliphatic carbocycles. The maximum atomic E-state index is 14.7. The first-order valence-corrected chi connectivity index (χ1v) is 22.8. The molecule has 0 saturated heterocycles. The van der Waals surface area contributed by atoms with Crippen molar-refractivity contribution in [2.24, 2.45) is 22.6 Å². The molecule has 1 aliphatic heterocycles. The minimum atomic E-state index is -1.66. The number of rotatable bonds is 19. The van der Waals surface area contributed by atoms with Crippen LogP contribution in [-0.2, 0) is 25.6 Å². The van der Waals surface area contributed by atoms with Gasteiger partial charge in [0.05, 0.1) is 17.9 Å². The van der Waals surface area contributed by atoms with Crippen LogP contribution in [0.15, 0.2) is 60.8 Å². The number of carbonyl (C=O) groups is 5.